The van der Waals surface area contributed by atoms with Crippen LogP contribution in [-0.4, -0.2) is 0 Å². The van der Waals surface area contributed by atoms with Gasteiger partial charge in [-0.05, 0) is 8.02 Å². The van der Waals surface area contributed by atoms with Crippen LogP contribution in [0.25, 0.3) is 0 Å². The second-order valence-electron chi connectivity index (χ2n) is 0.707. The lowest BCUT2D eigenvalue weighted by Gasteiger charge is -1.48. The van der Waals surface area contributed by atoms with E-state index >= 15 is 0 Å². The highest BCUT2D eigenvalue weighted by atomic mass is 32.4. The van der Waals surface area contributed by atoms with Crippen LogP contribution in [0.3, 0.4) is 0 Å². The molecule has 0 rings (SSSR count). The Morgan fingerprint density at radius 1 is 1.40 bits per heavy atom. The molecule has 0 unspecified atom stereocenters. The van der Waals surface area contributed by atoms with Crippen LogP contribution in [0.1, 0.15) is 20.3 Å². The van der Waals surface area contributed by atoms with Crippen LogP contribution in [0.2, 0.25) is 0 Å². The molecule has 0 nitrogen and oxygen atoms in total. The number of rotatable bonds is 0. The Kier molecular flexibility index (Phi) is 44.1. The van der Waals surface area contributed by atoms with Gasteiger partial charge in [0, 0.05) is 0 Å². The van der Waals surface area contributed by atoms with Gasteiger partial charge < -0.3 is 0 Å². The highest BCUT2D eigenvalue weighted by Crippen LogP contribution is 1.56. The molecule has 0 aromatic carbocycles. The summed E-state index contributed by atoms with van der Waals surface area (Å²) in [6.07, 6.45) is 1.25. The van der Waals surface area contributed by atoms with Crippen molar-refractivity contribution in [1.29, 1.82) is 0 Å². The molecule has 32 valence electrons. The summed E-state index contributed by atoms with van der Waals surface area (Å²) in [4.78, 5) is 0. The predicted octanol–water partition coefficient (Wildman–Crippen LogP) is 2.01. The van der Waals surface area contributed by atoms with Crippen molar-refractivity contribution >= 4 is 19.8 Å². The molecule has 0 N–H and O–H groups in total. The lowest BCUT2D eigenvalue weighted by atomic mass is 10.6. The van der Waals surface area contributed by atoms with Crippen molar-refractivity contribution in [3.63, 3.8) is 0 Å². The molecule has 0 atom stereocenters. The minimum atomic E-state index is 1.25. The first-order valence-corrected chi connectivity index (χ1v) is 3.25. The van der Waals surface area contributed by atoms with E-state index in [1.54, 1.807) is 0 Å². The van der Waals surface area contributed by atoms with Crippen molar-refractivity contribution in [2.45, 2.75) is 20.3 Å². The zero-order chi connectivity index (χ0) is 4.71. The zero-order valence-electron chi connectivity index (χ0n) is 3.62. The smallest absolute Gasteiger partial charge is 0.0437 e. The average Bonchev–Trinajstić information content (AvgIpc) is 1.46. The van der Waals surface area contributed by atoms with Gasteiger partial charge in [-0.1, -0.05) is 32.1 Å². The van der Waals surface area contributed by atoms with E-state index < -0.39 is 0 Å². The molecular weight excluding hydrogens is 99.1 g/mol. The Morgan fingerprint density at radius 3 is 1.40 bits per heavy atom. The lowest BCUT2D eigenvalue weighted by Crippen LogP contribution is -1.27. The number of hydrogen-bond donors (Lipinski definition) is 0. The van der Waals surface area contributed by atoms with E-state index in [1.165, 1.54) is 6.42 Å². The summed E-state index contributed by atoms with van der Waals surface area (Å²) in [7, 11) is 2.56. The topological polar surface area (TPSA) is 0 Å². The zero-order valence-corrected chi connectivity index (χ0v) is 5.43. The molecule has 0 amide bonds. The summed E-state index contributed by atoms with van der Waals surface area (Å²) in [5, 5.41) is 0. The van der Waals surface area contributed by atoms with Crippen LogP contribution < -0.4 is 0 Å². The van der Waals surface area contributed by atoms with Gasteiger partial charge in [-0.25, -0.2) is 0 Å². The molecule has 0 saturated heterocycles. The van der Waals surface area contributed by atoms with Crippen LogP contribution in [-0.2, 0) is 11.8 Å². The molecular formula is C3H9PS. The fraction of sp³-hybridized carbons (Fsp3) is 1.00. The third kappa shape index (κ3) is 106. The van der Waals surface area contributed by atoms with Crippen LogP contribution in [0.4, 0.5) is 0 Å². The van der Waals surface area contributed by atoms with Crippen molar-refractivity contribution in [2.24, 2.45) is 0 Å². The van der Waals surface area contributed by atoms with Crippen molar-refractivity contribution < 1.29 is 0 Å². The van der Waals surface area contributed by atoms with Gasteiger partial charge in [0.15, 0.2) is 0 Å². The Labute approximate surface area is 40.8 Å². The number of hydrogen-bond acceptors (Lipinski definition) is 1. The molecule has 0 bridgehead atoms. The van der Waals surface area contributed by atoms with Gasteiger partial charge in [0.2, 0.25) is 0 Å². The standard InChI is InChI=1S/C3H8.HPS/c1-3-2;1-2/h3H2,1-2H3;1H. The van der Waals surface area contributed by atoms with Gasteiger partial charge in [-0.3, -0.25) is 0 Å². The Bertz CT molecular complexity index is 10.9. The summed E-state index contributed by atoms with van der Waals surface area (Å²) in [5.41, 5.74) is 0. The fourth-order valence-corrected chi connectivity index (χ4v) is 0. The normalized spacial score (nSPS) is 4.40. The molecule has 0 aliphatic heterocycles. The minimum Gasteiger partial charge on any atom is -0.0656 e. The molecule has 0 heterocycles. The molecule has 0 aromatic rings. The Morgan fingerprint density at radius 2 is 1.40 bits per heavy atom. The molecule has 0 fully saturated rings. The monoisotopic (exact) mass is 108 g/mol. The average molecular weight is 108 g/mol. The molecule has 2 heteroatoms. The summed E-state index contributed by atoms with van der Waals surface area (Å²) < 4.78 is 0. The summed E-state index contributed by atoms with van der Waals surface area (Å²) in [5.74, 6) is 0. The highest BCUT2D eigenvalue weighted by Gasteiger charge is 1.35. The quantitative estimate of drug-likeness (QED) is 0.428. The van der Waals surface area contributed by atoms with Gasteiger partial charge in [0.05, 0.1) is 0 Å². The molecule has 0 radical (unpaired) electrons. The van der Waals surface area contributed by atoms with E-state index in [9.17, 15) is 0 Å². The molecule has 0 spiro atoms. The van der Waals surface area contributed by atoms with Gasteiger partial charge in [-0.2, -0.15) is 0 Å². The van der Waals surface area contributed by atoms with Crippen LogP contribution in [0.5, 0.6) is 0 Å². The van der Waals surface area contributed by atoms with Crippen molar-refractivity contribution in [2.75, 3.05) is 0 Å². The second kappa shape index (κ2) is 24.2. The molecule has 0 saturated carbocycles. The third-order valence-electron chi connectivity index (χ3n) is 0. The second-order valence-corrected chi connectivity index (χ2v) is 0.707. The summed E-state index contributed by atoms with van der Waals surface area (Å²) in [6, 6.07) is 0. The first-order chi connectivity index (χ1) is 2.41. The van der Waals surface area contributed by atoms with Crippen molar-refractivity contribution in [1.82, 2.24) is 0 Å². The van der Waals surface area contributed by atoms with Gasteiger partial charge in [0.25, 0.3) is 0 Å². The lowest BCUT2D eigenvalue weighted by molar-refractivity contribution is 1.09. The minimum absolute atomic E-state index is 1.25. The Balaban J connectivity index is 0. The summed E-state index contributed by atoms with van der Waals surface area (Å²) in [6.45, 7) is 4.25. The third-order valence-corrected chi connectivity index (χ3v) is 0. The first kappa shape index (κ1) is 9.10. The SMILES string of the molecule is CCC.P=S. The highest BCUT2D eigenvalue weighted by molar-refractivity contribution is 7.88. The Hall–Kier alpha value is 0.520. The van der Waals surface area contributed by atoms with Gasteiger partial charge in [-0.15, -0.1) is 0 Å². The van der Waals surface area contributed by atoms with Gasteiger partial charge in [0.1, 0.15) is 0 Å². The molecule has 0 aliphatic carbocycles. The van der Waals surface area contributed by atoms with E-state index in [2.05, 4.69) is 33.7 Å². The van der Waals surface area contributed by atoms with Crippen molar-refractivity contribution in [3.05, 3.63) is 0 Å². The van der Waals surface area contributed by atoms with E-state index in [0.29, 0.717) is 0 Å². The maximum atomic E-state index is 3.89. The van der Waals surface area contributed by atoms with Crippen LogP contribution in [0, 0.1) is 0 Å². The van der Waals surface area contributed by atoms with Crippen LogP contribution in [0.15, 0.2) is 0 Å². The van der Waals surface area contributed by atoms with E-state index in [1.807, 2.05) is 0 Å². The fourth-order valence-electron chi connectivity index (χ4n) is 0. The summed E-state index contributed by atoms with van der Waals surface area (Å²) >= 11 is 3.89. The first-order valence-electron chi connectivity index (χ1n) is 1.62. The van der Waals surface area contributed by atoms with Gasteiger partial charge >= 0.3 is 0 Å². The van der Waals surface area contributed by atoms with E-state index in [-0.39, 0.29) is 0 Å². The van der Waals surface area contributed by atoms with Crippen molar-refractivity contribution in [3.8, 4) is 0 Å². The maximum Gasteiger partial charge on any atom is -0.0437 e. The predicted molar refractivity (Wildman–Crippen MR) is 31.6 cm³/mol. The maximum absolute atomic E-state index is 3.89. The largest absolute Gasteiger partial charge is 0.0656 e. The molecule has 0 aliphatic rings. The molecule has 0 aromatic heterocycles. The van der Waals surface area contributed by atoms with E-state index in [0.717, 1.165) is 0 Å². The van der Waals surface area contributed by atoms with Crippen LogP contribution >= 0.6 is 8.02 Å². The molecule has 5 heavy (non-hydrogen) atoms. The van der Waals surface area contributed by atoms with E-state index in [4.69, 9.17) is 0 Å².